The maximum absolute atomic E-state index is 8.25. The third kappa shape index (κ3) is 39.7. The van der Waals surface area contributed by atoms with Gasteiger partial charge in [-0.2, -0.15) is 0 Å². The Balaban J connectivity index is 0. The Labute approximate surface area is 284 Å². The molecular formula is C40H84NO3P. The van der Waals surface area contributed by atoms with Gasteiger partial charge in [-0.25, -0.2) is 0 Å². The van der Waals surface area contributed by atoms with Gasteiger partial charge in [0, 0.05) is 7.26 Å². The quantitative estimate of drug-likeness (QED) is 0.0291. The molecule has 0 saturated heterocycles. The van der Waals surface area contributed by atoms with Gasteiger partial charge in [-0.3, -0.25) is 0 Å². The summed E-state index contributed by atoms with van der Waals surface area (Å²) in [5.41, 5.74) is 0. The lowest BCUT2D eigenvalue weighted by Crippen LogP contribution is -2.13. The third-order valence-corrected chi connectivity index (χ3v) is 15.0. The molecule has 0 aliphatic heterocycles. The molecule has 0 unspecified atom stereocenters. The molecule has 0 bridgehead atoms. The van der Waals surface area contributed by atoms with Crippen molar-refractivity contribution in [1.82, 2.24) is 0 Å². The Morgan fingerprint density at radius 1 is 0.311 bits per heavy atom. The molecule has 0 amide bonds. The highest BCUT2D eigenvalue weighted by molar-refractivity contribution is 7.75. The van der Waals surface area contributed by atoms with Crippen LogP contribution in [0.2, 0.25) is 0 Å². The zero-order valence-electron chi connectivity index (χ0n) is 31.6. The van der Waals surface area contributed by atoms with E-state index in [2.05, 4.69) is 27.7 Å². The molecule has 272 valence electrons. The summed E-state index contributed by atoms with van der Waals surface area (Å²) in [5.74, 6) is 0. The molecule has 0 radical (unpaired) electrons. The first-order chi connectivity index (χ1) is 22.0. The Morgan fingerprint density at radius 2 is 0.444 bits per heavy atom. The first-order valence-corrected chi connectivity index (χ1v) is 23.2. The summed E-state index contributed by atoms with van der Waals surface area (Å²) in [4.78, 5) is 8.25. The van der Waals surface area contributed by atoms with Crippen LogP contribution < -0.4 is 0 Å². The fourth-order valence-corrected chi connectivity index (χ4v) is 11.9. The van der Waals surface area contributed by atoms with Crippen LogP contribution in [-0.2, 0) is 0 Å². The second-order valence-electron chi connectivity index (χ2n) is 14.4. The van der Waals surface area contributed by atoms with Crippen molar-refractivity contribution in [2.75, 3.05) is 24.6 Å². The predicted molar refractivity (Wildman–Crippen MR) is 207 cm³/mol. The fourth-order valence-electron chi connectivity index (χ4n) is 7.00. The summed E-state index contributed by atoms with van der Waals surface area (Å²) >= 11 is 0. The molecule has 0 aromatic rings. The molecule has 4 nitrogen and oxygen atoms in total. The highest BCUT2D eigenvalue weighted by Crippen LogP contribution is 2.61. The van der Waals surface area contributed by atoms with Crippen molar-refractivity contribution in [2.24, 2.45) is 0 Å². The standard InChI is InChI=1S/C40H84P.NO3/c1-5-9-13-17-21-25-29-33-37-41(38-34-30-26-22-18-14-10-6-2,39-35-31-27-23-19-15-11-7-3)40-36-32-28-24-20-16-12-8-4;2-1(3)4/h5-40H2,1-4H3;/q+1;-1. The van der Waals surface area contributed by atoms with E-state index in [0.29, 0.717) is 0 Å². The largest absolute Gasteiger partial charge is 0.356 e. The molecule has 5 heteroatoms. The average molecular weight is 658 g/mol. The van der Waals surface area contributed by atoms with Gasteiger partial charge in [-0.1, -0.05) is 182 Å². The zero-order chi connectivity index (χ0) is 33.5. The summed E-state index contributed by atoms with van der Waals surface area (Å²) in [7, 11) is -0.761. The van der Waals surface area contributed by atoms with E-state index in [4.69, 9.17) is 15.3 Å². The van der Waals surface area contributed by atoms with Crippen LogP contribution in [0.3, 0.4) is 0 Å². The molecule has 0 atom stereocenters. The number of hydrogen-bond acceptors (Lipinski definition) is 3. The molecule has 0 fully saturated rings. The van der Waals surface area contributed by atoms with E-state index in [1.54, 1.807) is 50.3 Å². The van der Waals surface area contributed by atoms with E-state index < -0.39 is 12.3 Å². The van der Waals surface area contributed by atoms with Gasteiger partial charge >= 0.3 is 0 Å². The van der Waals surface area contributed by atoms with Crippen LogP contribution in [0.1, 0.15) is 233 Å². The lowest BCUT2D eigenvalue weighted by molar-refractivity contribution is -0.402. The number of nitrogens with zero attached hydrogens (tertiary/aromatic N) is 1. The fraction of sp³-hybridized carbons (Fsp3) is 1.00. The van der Waals surface area contributed by atoms with Crippen molar-refractivity contribution in [1.29, 1.82) is 0 Å². The number of hydrogen-bond donors (Lipinski definition) is 0. The van der Waals surface area contributed by atoms with Crippen LogP contribution in [0.4, 0.5) is 0 Å². The van der Waals surface area contributed by atoms with E-state index in [-0.39, 0.29) is 0 Å². The van der Waals surface area contributed by atoms with E-state index in [9.17, 15) is 0 Å². The van der Waals surface area contributed by atoms with Crippen molar-refractivity contribution < 1.29 is 5.09 Å². The van der Waals surface area contributed by atoms with Crippen LogP contribution in [0.15, 0.2) is 0 Å². The minimum absolute atomic E-state index is 0.761. The minimum atomic E-state index is -1.75. The van der Waals surface area contributed by atoms with Crippen molar-refractivity contribution in [3.8, 4) is 0 Å². The maximum Gasteiger partial charge on any atom is 0.0689 e. The Bertz CT molecular complexity index is 470. The minimum Gasteiger partial charge on any atom is -0.356 e. The molecule has 0 spiro atoms. The molecule has 0 aliphatic rings. The SMILES string of the molecule is CCCCCCCCCC[P+](CCCCCCCCCC)(CCCCCCCCCC)CCCCCCCCCC.O=[N+]([O-])[O-]. The highest BCUT2D eigenvalue weighted by atomic mass is 31.2. The zero-order valence-corrected chi connectivity index (χ0v) is 32.5. The van der Waals surface area contributed by atoms with Gasteiger partial charge in [-0.05, 0) is 51.4 Å². The molecular weight excluding hydrogens is 573 g/mol. The van der Waals surface area contributed by atoms with E-state index >= 15 is 0 Å². The number of unbranched alkanes of at least 4 members (excludes halogenated alkanes) is 28. The maximum atomic E-state index is 8.25. The second-order valence-corrected chi connectivity index (χ2v) is 18.8. The van der Waals surface area contributed by atoms with Crippen molar-refractivity contribution in [2.45, 2.75) is 233 Å². The average Bonchev–Trinajstić information content (AvgIpc) is 3.02. The number of rotatable bonds is 36. The van der Waals surface area contributed by atoms with Gasteiger partial charge in [0.1, 0.15) is 0 Å². The normalized spacial score (nSPS) is 11.5. The Kier molecular flexibility index (Phi) is 41.4. The summed E-state index contributed by atoms with van der Waals surface area (Å²) < 4.78 is 0. The molecule has 0 aromatic carbocycles. The van der Waals surface area contributed by atoms with E-state index in [1.165, 1.54) is 180 Å². The van der Waals surface area contributed by atoms with Gasteiger partial charge in [0.15, 0.2) is 0 Å². The second kappa shape index (κ2) is 39.8. The van der Waals surface area contributed by atoms with Gasteiger partial charge in [0.05, 0.1) is 29.7 Å². The lowest BCUT2D eigenvalue weighted by atomic mass is 10.1. The van der Waals surface area contributed by atoms with Crippen LogP contribution in [0, 0.1) is 15.3 Å². The molecule has 0 aliphatic carbocycles. The third-order valence-electron chi connectivity index (χ3n) is 9.94. The van der Waals surface area contributed by atoms with Gasteiger partial charge in [-0.15, -0.1) is 0 Å². The molecule has 45 heavy (non-hydrogen) atoms. The lowest BCUT2D eigenvalue weighted by Gasteiger charge is -2.28. The first kappa shape index (κ1) is 46.7. The van der Waals surface area contributed by atoms with E-state index in [0.717, 1.165) is 0 Å². The molecule has 0 heterocycles. The smallest absolute Gasteiger partial charge is 0.0689 e. The summed E-state index contributed by atoms with van der Waals surface area (Å²) in [6.45, 7) is 9.37. The van der Waals surface area contributed by atoms with E-state index in [1.807, 2.05) is 0 Å². The van der Waals surface area contributed by atoms with Crippen LogP contribution in [0.5, 0.6) is 0 Å². The molecule has 0 saturated carbocycles. The first-order valence-electron chi connectivity index (χ1n) is 20.6. The van der Waals surface area contributed by atoms with Crippen molar-refractivity contribution in [3.63, 3.8) is 0 Å². The summed E-state index contributed by atoms with van der Waals surface area (Å²) in [5, 5.41) is 14.8. The molecule has 0 N–H and O–H groups in total. The van der Waals surface area contributed by atoms with Crippen LogP contribution in [0.25, 0.3) is 0 Å². The monoisotopic (exact) mass is 658 g/mol. The van der Waals surface area contributed by atoms with Gasteiger partial charge in [0.2, 0.25) is 0 Å². The van der Waals surface area contributed by atoms with Crippen LogP contribution >= 0.6 is 7.26 Å². The summed E-state index contributed by atoms with van der Waals surface area (Å²) in [6, 6.07) is 0. The van der Waals surface area contributed by atoms with Crippen molar-refractivity contribution in [3.05, 3.63) is 15.3 Å². The molecule has 0 aromatic heterocycles. The van der Waals surface area contributed by atoms with Crippen molar-refractivity contribution >= 4 is 7.26 Å². The predicted octanol–water partition coefficient (Wildman–Crippen LogP) is 15.3. The van der Waals surface area contributed by atoms with Gasteiger partial charge in [0.25, 0.3) is 0 Å². The van der Waals surface area contributed by atoms with Gasteiger partial charge < -0.3 is 15.3 Å². The topological polar surface area (TPSA) is 66.2 Å². The Morgan fingerprint density at radius 3 is 0.600 bits per heavy atom. The Hall–Kier alpha value is -0.370. The van der Waals surface area contributed by atoms with Crippen LogP contribution in [-0.4, -0.2) is 29.7 Å². The summed E-state index contributed by atoms with van der Waals surface area (Å²) in [6.07, 6.45) is 54.2. The molecule has 0 rings (SSSR count). The highest BCUT2D eigenvalue weighted by Gasteiger charge is 2.35.